The first-order valence-corrected chi connectivity index (χ1v) is 9.35. The maximum absolute atomic E-state index is 12.9. The van der Waals surface area contributed by atoms with Crippen molar-refractivity contribution in [2.24, 2.45) is 0 Å². The molecule has 0 aliphatic heterocycles. The number of carboxylic acid groups (broad SMARTS) is 1. The maximum atomic E-state index is 12.9. The third-order valence-electron chi connectivity index (χ3n) is 4.70. The van der Waals surface area contributed by atoms with Gasteiger partial charge in [0.05, 0.1) is 18.4 Å². The number of benzene rings is 3. The number of carbonyl (C=O) groups excluding carboxylic acids is 1. The van der Waals surface area contributed by atoms with Crippen LogP contribution in [0.15, 0.2) is 66.7 Å². The molecule has 3 aromatic rings. The van der Waals surface area contributed by atoms with Crippen LogP contribution in [-0.2, 0) is 28.6 Å². The van der Waals surface area contributed by atoms with Gasteiger partial charge >= 0.3 is 12.1 Å². The highest BCUT2D eigenvalue weighted by atomic mass is 19.4. The number of nitrogens with one attached hydrogen (secondary N) is 1. The lowest BCUT2D eigenvalue weighted by Crippen LogP contribution is -2.39. The smallest absolute Gasteiger partial charge is 0.416 e. The first-order chi connectivity index (χ1) is 14.2. The van der Waals surface area contributed by atoms with Crippen molar-refractivity contribution in [2.75, 3.05) is 0 Å². The molecule has 1 atom stereocenters. The van der Waals surface area contributed by atoms with Crippen LogP contribution in [0.5, 0.6) is 0 Å². The van der Waals surface area contributed by atoms with E-state index in [9.17, 15) is 22.8 Å². The van der Waals surface area contributed by atoms with E-state index in [1.165, 1.54) is 12.1 Å². The summed E-state index contributed by atoms with van der Waals surface area (Å²) in [5.41, 5.74) is 0.262. The number of carbonyl (C=O) groups is 2. The van der Waals surface area contributed by atoms with E-state index >= 15 is 0 Å². The summed E-state index contributed by atoms with van der Waals surface area (Å²) in [4.78, 5) is 23.7. The summed E-state index contributed by atoms with van der Waals surface area (Å²) in [6, 6.07) is 17.2. The molecule has 30 heavy (non-hydrogen) atoms. The fraction of sp³-hybridized carbons (Fsp3) is 0.217. The number of amides is 1. The molecule has 0 saturated carbocycles. The number of carboxylic acids is 1. The molecule has 4 nitrogen and oxygen atoms in total. The van der Waals surface area contributed by atoms with Gasteiger partial charge in [0, 0.05) is 6.04 Å². The molecule has 156 valence electrons. The zero-order valence-electron chi connectivity index (χ0n) is 15.9. The second kappa shape index (κ2) is 8.98. The molecular formula is C23H20F3NO3. The molecule has 0 spiro atoms. The van der Waals surface area contributed by atoms with Crippen LogP contribution in [0.1, 0.15) is 23.1 Å². The second-order valence-electron chi connectivity index (χ2n) is 7.12. The summed E-state index contributed by atoms with van der Waals surface area (Å²) in [5, 5.41) is 13.8. The number of fused-ring (bicyclic) bond motifs is 1. The maximum Gasteiger partial charge on any atom is 0.416 e. The topological polar surface area (TPSA) is 66.4 Å². The van der Waals surface area contributed by atoms with Crippen molar-refractivity contribution < 1.29 is 27.9 Å². The van der Waals surface area contributed by atoms with E-state index in [1.54, 1.807) is 0 Å². The highest BCUT2D eigenvalue weighted by molar-refractivity contribution is 5.85. The number of halogens is 3. The summed E-state index contributed by atoms with van der Waals surface area (Å²) in [7, 11) is 0. The average molecular weight is 415 g/mol. The van der Waals surface area contributed by atoms with Crippen molar-refractivity contribution in [3.63, 3.8) is 0 Å². The van der Waals surface area contributed by atoms with Crippen LogP contribution in [0, 0.1) is 0 Å². The van der Waals surface area contributed by atoms with Crippen molar-refractivity contribution in [1.82, 2.24) is 5.32 Å². The van der Waals surface area contributed by atoms with Gasteiger partial charge in [0.25, 0.3) is 0 Å². The fourth-order valence-electron chi connectivity index (χ4n) is 3.36. The lowest BCUT2D eigenvalue weighted by Gasteiger charge is -2.18. The van der Waals surface area contributed by atoms with Crippen molar-refractivity contribution in [3.8, 4) is 0 Å². The number of rotatable bonds is 7. The Kier molecular flexibility index (Phi) is 6.40. The van der Waals surface area contributed by atoms with Crippen LogP contribution >= 0.6 is 0 Å². The zero-order chi connectivity index (χ0) is 21.7. The minimum Gasteiger partial charge on any atom is -0.481 e. The molecule has 0 saturated heterocycles. The van der Waals surface area contributed by atoms with Crippen LogP contribution in [0.4, 0.5) is 13.2 Å². The van der Waals surface area contributed by atoms with E-state index in [1.807, 2.05) is 42.5 Å². The summed E-state index contributed by atoms with van der Waals surface area (Å²) in [6.07, 6.45) is -4.85. The monoisotopic (exact) mass is 415 g/mol. The van der Waals surface area contributed by atoms with Gasteiger partial charge in [0.1, 0.15) is 0 Å². The predicted molar refractivity (Wildman–Crippen MR) is 107 cm³/mol. The SMILES string of the molecule is O=C(O)C[C@H](Cc1cccc(C(F)(F)F)c1)NC(=O)Cc1ccc2ccccc2c1. The third kappa shape index (κ3) is 5.83. The first-order valence-electron chi connectivity index (χ1n) is 9.35. The molecule has 3 rings (SSSR count). The number of aliphatic carboxylic acids is 1. The third-order valence-corrected chi connectivity index (χ3v) is 4.70. The zero-order valence-corrected chi connectivity index (χ0v) is 15.9. The second-order valence-corrected chi connectivity index (χ2v) is 7.12. The average Bonchev–Trinajstić information content (AvgIpc) is 2.67. The standard InChI is InChI=1S/C23H20F3NO3/c24-23(25,26)19-7-3-4-15(11-19)12-20(14-22(29)30)27-21(28)13-16-8-9-17-5-1-2-6-18(17)10-16/h1-11,20H,12-14H2,(H,27,28)(H,29,30)/t20-/m0/s1. The van der Waals surface area contributed by atoms with Gasteiger partial charge in [-0.15, -0.1) is 0 Å². The molecule has 2 N–H and O–H groups in total. The molecule has 7 heteroatoms. The minimum atomic E-state index is -4.49. The Hall–Kier alpha value is -3.35. The normalized spacial score (nSPS) is 12.5. The molecular weight excluding hydrogens is 395 g/mol. The van der Waals surface area contributed by atoms with Crippen LogP contribution < -0.4 is 5.32 Å². The number of hydrogen-bond acceptors (Lipinski definition) is 2. The van der Waals surface area contributed by atoms with Gasteiger partial charge in [-0.3, -0.25) is 9.59 Å². The molecule has 1 amide bonds. The quantitative estimate of drug-likeness (QED) is 0.593. The fourth-order valence-corrected chi connectivity index (χ4v) is 3.36. The Morgan fingerprint density at radius 2 is 1.63 bits per heavy atom. The van der Waals surface area contributed by atoms with Crippen LogP contribution in [-0.4, -0.2) is 23.0 Å². The molecule has 0 unspecified atom stereocenters. The molecule has 0 aromatic heterocycles. The molecule has 0 aliphatic carbocycles. The Morgan fingerprint density at radius 3 is 2.33 bits per heavy atom. The summed E-state index contributed by atoms with van der Waals surface area (Å²) in [5.74, 6) is -1.53. The Balaban J connectivity index is 1.70. The molecule has 0 fully saturated rings. The lowest BCUT2D eigenvalue weighted by molar-refractivity contribution is -0.139. The van der Waals surface area contributed by atoms with E-state index in [0.717, 1.165) is 28.5 Å². The van der Waals surface area contributed by atoms with Gasteiger partial charge in [-0.25, -0.2) is 0 Å². The van der Waals surface area contributed by atoms with E-state index < -0.39 is 23.8 Å². The molecule has 3 aromatic carbocycles. The Bertz CT molecular complexity index is 1060. The predicted octanol–water partition coefficient (Wildman–Crippen LogP) is 4.60. The van der Waals surface area contributed by atoms with Crippen molar-refractivity contribution in [3.05, 3.63) is 83.4 Å². The highest BCUT2D eigenvalue weighted by Crippen LogP contribution is 2.29. The summed E-state index contributed by atoms with van der Waals surface area (Å²) >= 11 is 0. The van der Waals surface area contributed by atoms with E-state index in [0.29, 0.717) is 5.56 Å². The summed E-state index contributed by atoms with van der Waals surface area (Å²) < 4.78 is 38.7. The highest BCUT2D eigenvalue weighted by Gasteiger charge is 2.30. The molecule has 0 bridgehead atoms. The van der Waals surface area contributed by atoms with E-state index in [4.69, 9.17) is 5.11 Å². The van der Waals surface area contributed by atoms with Crippen LogP contribution in [0.2, 0.25) is 0 Å². The van der Waals surface area contributed by atoms with Gasteiger partial charge in [-0.05, 0) is 34.4 Å². The Labute approximate surface area is 171 Å². The lowest BCUT2D eigenvalue weighted by atomic mass is 10.0. The largest absolute Gasteiger partial charge is 0.481 e. The van der Waals surface area contributed by atoms with E-state index in [2.05, 4.69) is 5.32 Å². The molecule has 0 heterocycles. The Morgan fingerprint density at radius 1 is 0.900 bits per heavy atom. The summed E-state index contributed by atoms with van der Waals surface area (Å²) in [6.45, 7) is 0. The van der Waals surface area contributed by atoms with Gasteiger partial charge in [0.15, 0.2) is 0 Å². The van der Waals surface area contributed by atoms with Gasteiger partial charge in [-0.2, -0.15) is 13.2 Å². The van der Waals surface area contributed by atoms with Crippen molar-refractivity contribution >= 4 is 22.6 Å². The van der Waals surface area contributed by atoms with Gasteiger partial charge < -0.3 is 10.4 Å². The number of hydrogen-bond donors (Lipinski definition) is 2. The van der Waals surface area contributed by atoms with Crippen LogP contribution in [0.3, 0.4) is 0 Å². The first kappa shape index (κ1) is 21.4. The van der Waals surface area contributed by atoms with Gasteiger partial charge in [-0.1, -0.05) is 60.7 Å². The van der Waals surface area contributed by atoms with E-state index in [-0.39, 0.29) is 25.2 Å². The van der Waals surface area contributed by atoms with Crippen LogP contribution in [0.25, 0.3) is 10.8 Å². The molecule has 0 radical (unpaired) electrons. The molecule has 0 aliphatic rings. The van der Waals surface area contributed by atoms with Crippen molar-refractivity contribution in [2.45, 2.75) is 31.5 Å². The van der Waals surface area contributed by atoms with Crippen molar-refractivity contribution in [1.29, 1.82) is 0 Å². The minimum absolute atomic E-state index is 0.0142. The number of alkyl halides is 3. The van der Waals surface area contributed by atoms with Gasteiger partial charge in [0.2, 0.25) is 5.91 Å².